The van der Waals surface area contributed by atoms with Crippen molar-refractivity contribution in [1.82, 2.24) is 15.5 Å². The summed E-state index contributed by atoms with van der Waals surface area (Å²) in [5, 5.41) is 6.64. The normalized spacial score (nSPS) is 21.1. The van der Waals surface area contributed by atoms with Gasteiger partial charge in [0.25, 0.3) is 5.91 Å². The van der Waals surface area contributed by atoms with Gasteiger partial charge >= 0.3 is 0 Å². The monoisotopic (exact) mass is 558 g/mol. The fourth-order valence-corrected chi connectivity index (χ4v) is 3.71. The Balaban J connectivity index is 0.00000363. The van der Waals surface area contributed by atoms with Crippen LogP contribution in [0.15, 0.2) is 29.3 Å². The first-order valence-corrected chi connectivity index (χ1v) is 11.7. The molecule has 1 saturated heterocycles. The Labute approximate surface area is 209 Å². The van der Waals surface area contributed by atoms with Crippen LogP contribution >= 0.6 is 24.0 Å². The van der Waals surface area contributed by atoms with E-state index in [1.807, 2.05) is 43.0 Å². The molecule has 32 heavy (non-hydrogen) atoms. The molecule has 180 valence electrons. The van der Waals surface area contributed by atoms with Gasteiger partial charge in [-0.2, -0.15) is 0 Å². The molecule has 3 rings (SSSR count). The van der Waals surface area contributed by atoms with Gasteiger partial charge in [-0.15, -0.1) is 24.0 Å². The molecule has 1 aliphatic carbocycles. The summed E-state index contributed by atoms with van der Waals surface area (Å²) in [7, 11) is 0. The molecule has 0 aromatic heterocycles. The SMILES string of the molecule is CCNC(=NCc1ccc(C(=O)N2CC(C)OC(C)C2)cc1)NCCCOCC1CC1.I. The van der Waals surface area contributed by atoms with E-state index in [2.05, 4.69) is 22.5 Å². The minimum absolute atomic E-state index is 0. The van der Waals surface area contributed by atoms with Gasteiger partial charge in [-0.1, -0.05) is 12.1 Å². The second kappa shape index (κ2) is 14.0. The molecule has 7 nitrogen and oxygen atoms in total. The van der Waals surface area contributed by atoms with Crippen molar-refractivity contribution in [1.29, 1.82) is 0 Å². The molecule has 0 radical (unpaired) electrons. The van der Waals surface area contributed by atoms with Gasteiger partial charge in [-0.05, 0) is 63.6 Å². The summed E-state index contributed by atoms with van der Waals surface area (Å²) in [5.41, 5.74) is 1.79. The van der Waals surface area contributed by atoms with E-state index in [-0.39, 0.29) is 42.1 Å². The van der Waals surface area contributed by atoms with Crippen molar-refractivity contribution in [2.75, 3.05) is 39.4 Å². The Kier molecular flexibility index (Phi) is 11.7. The van der Waals surface area contributed by atoms with Crippen LogP contribution in [-0.2, 0) is 16.0 Å². The lowest BCUT2D eigenvalue weighted by Crippen LogP contribution is -2.48. The number of amides is 1. The minimum Gasteiger partial charge on any atom is -0.381 e. The Hall–Kier alpha value is -1.39. The predicted octanol–water partition coefficient (Wildman–Crippen LogP) is 3.43. The summed E-state index contributed by atoms with van der Waals surface area (Å²) in [6, 6.07) is 7.77. The molecule has 2 unspecified atom stereocenters. The lowest BCUT2D eigenvalue weighted by Gasteiger charge is -2.35. The summed E-state index contributed by atoms with van der Waals surface area (Å²) in [4.78, 5) is 19.3. The summed E-state index contributed by atoms with van der Waals surface area (Å²) >= 11 is 0. The van der Waals surface area contributed by atoms with Gasteiger partial charge < -0.3 is 25.0 Å². The van der Waals surface area contributed by atoms with Gasteiger partial charge in [0.15, 0.2) is 5.96 Å². The maximum atomic E-state index is 12.8. The second-order valence-corrected chi connectivity index (χ2v) is 8.66. The molecule has 1 aliphatic heterocycles. The topological polar surface area (TPSA) is 75.2 Å². The van der Waals surface area contributed by atoms with E-state index in [0.717, 1.165) is 50.2 Å². The number of aliphatic imine (C=N–C) groups is 1. The van der Waals surface area contributed by atoms with Crippen LogP contribution in [-0.4, -0.2) is 68.4 Å². The number of hydrogen-bond donors (Lipinski definition) is 2. The zero-order chi connectivity index (χ0) is 22.1. The summed E-state index contributed by atoms with van der Waals surface area (Å²) in [6.45, 7) is 11.3. The molecule has 2 fully saturated rings. The highest BCUT2D eigenvalue weighted by Gasteiger charge is 2.26. The van der Waals surface area contributed by atoms with E-state index in [1.165, 1.54) is 12.8 Å². The summed E-state index contributed by atoms with van der Waals surface area (Å²) < 4.78 is 11.4. The number of halogens is 1. The van der Waals surface area contributed by atoms with Gasteiger partial charge in [0.2, 0.25) is 0 Å². The highest BCUT2D eigenvalue weighted by atomic mass is 127. The van der Waals surface area contributed by atoms with Crippen LogP contribution in [0.25, 0.3) is 0 Å². The predicted molar refractivity (Wildman–Crippen MR) is 139 cm³/mol. The van der Waals surface area contributed by atoms with Crippen LogP contribution < -0.4 is 10.6 Å². The Morgan fingerprint density at radius 3 is 2.47 bits per heavy atom. The van der Waals surface area contributed by atoms with Gasteiger partial charge in [-0.25, -0.2) is 4.99 Å². The molecule has 1 aromatic carbocycles. The number of guanidine groups is 1. The third-order valence-electron chi connectivity index (χ3n) is 5.48. The van der Waals surface area contributed by atoms with Crippen molar-refractivity contribution in [3.63, 3.8) is 0 Å². The van der Waals surface area contributed by atoms with Crippen LogP contribution in [0.4, 0.5) is 0 Å². The molecule has 2 N–H and O–H groups in total. The molecule has 0 bridgehead atoms. The Morgan fingerprint density at radius 2 is 1.84 bits per heavy atom. The average molecular weight is 559 g/mol. The summed E-state index contributed by atoms with van der Waals surface area (Å²) in [5.74, 6) is 1.69. The standard InChI is InChI=1S/C24H38N4O3.HI/c1-4-25-24(26-12-5-13-30-17-21-6-7-21)27-14-20-8-10-22(11-9-20)23(29)28-15-18(2)31-19(3)16-28;/h8-11,18-19,21H,4-7,12-17H2,1-3H3,(H2,25,26,27);1H. The zero-order valence-electron chi connectivity index (χ0n) is 19.6. The summed E-state index contributed by atoms with van der Waals surface area (Å²) in [6.07, 6.45) is 3.77. The highest BCUT2D eigenvalue weighted by molar-refractivity contribution is 14.0. The van der Waals surface area contributed by atoms with E-state index in [9.17, 15) is 4.79 Å². The molecule has 2 atom stereocenters. The minimum atomic E-state index is 0. The number of morpholine rings is 1. The number of nitrogens with one attached hydrogen (secondary N) is 2. The van der Waals surface area contributed by atoms with Gasteiger partial charge in [0, 0.05) is 45.0 Å². The third-order valence-corrected chi connectivity index (χ3v) is 5.48. The van der Waals surface area contributed by atoms with Gasteiger partial charge in [0.05, 0.1) is 18.8 Å². The first-order valence-electron chi connectivity index (χ1n) is 11.7. The molecule has 1 aromatic rings. The first kappa shape index (κ1) is 26.9. The van der Waals surface area contributed by atoms with E-state index in [0.29, 0.717) is 25.2 Å². The molecule has 1 heterocycles. The molecule has 8 heteroatoms. The maximum Gasteiger partial charge on any atom is 0.254 e. The molecule has 1 amide bonds. The van der Waals surface area contributed by atoms with Crippen molar-refractivity contribution in [3.05, 3.63) is 35.4 Å². The lowest BCUT2D eigenvalue weighted by molar-refractivity contribution is -0.0586. The number of ether oxygens (including phenoxy) is 2. The lowest BCUT2D eigenvalue weighted by atomic mass is 10.1. The van der Waals surface area contributed by atoms with Crippen molar-refractivity contribution in [2.45, 2.75) is 58.8 Å². The van der Waals surface area contributed by atoms with Crippen molar-refractivity contribution >= 4 is 35.8 Å². The van der Waals surface area contributed by atoms with Crippen LogP contribution in [0.1, 0.15) is 56.0 Å². The molecular weight excluding hydrogens is 519 g/mol. The van der Waals surface area contributed by atoms with Crippen molar-refractivity contribution < 1.29 is 14.3 Å². The number of carbonyl (C=O) groups is 1. The van der Waals surface area contributed by atoms with E-state index in [4.69, 9.17) is 9.47 Å². The largest absolute Gasteiger partial charge is 0.381 e. The van der Waals surface area contributed by atoms with E-state index in [1.54, 1.807) is 0 Å². The molecule has 0 spiro atoms. The van der Waals surface area contributed by atoms with Crippen molar-refractivity contribution in [2.24, 2.45) is 10.9 Å². The second-order valence-electron chi connectivity index (χ2n) is 8.66. The van der Waals surface area contributed by atoms with Crippen LogP contribution in [0, 0.1) is 5.92 Å². The molecule has 1 saturated carbocycles. The number of hydrogen-bond acceptors (Lipinski definition) is 4. The number of nitrogens with zero attached hydrogens (tertiary/aromatic N) is 2. The first-order chi connectivity index (χ1) is 15.0. The Morgan fingerprint density at radius 1 is 1.16 bits per heavy atom. The van der Waals surface area contributed by atoms with Crippen LogP contribution in [0.3, 0.4) is 0 Å². The average Bonchev–Trinajstić information content (AvgIpc) is 3.58. The van der Waals surface area contributed by atoms with Crippen molar-refractivity contribution in [3.8, 4) is 0 Å². The number of carbonyl (C=O) groups excluding carboxylic acids is 1. The fraction of sp³-hybridized carbons (Fsp3) is 0.667. The zero-order valence-corrected chi connectivity index (χ0v) is 22.0. The third kappa shape index (κ3) is 9.23. The number of rotatable bonds is 10. The van der Waals surface area contributed by atoms with Gasteiger partial charge in [0.1, 0.15) is 0 Å². The fourth-order valence-electron chi connectivity index (χ4n) is 3.71. The highest BCUT2D eigenvalue weighted by Crippen LogP contribution is 2.28. The maximum absolute atomic E-state index is 12.8. The van der Waals surface area contributed by atoms with E-state index >= 15 is 0 Å². The number of benzene rings is 1. The Bertz CT molecular complexity index is 714. The smallest absolute Gasteiger partial charge is 0.254 e. The van der Waals surface area contributed by atoms with E-state index < -0.39 is 0 Å². The van der Waals surface area contributed by atoms with Crippen LogP contribution in [0.2, 0.25) is 0 Å². The molecular formula is C24H39IN4O3. The van der Waals surface area contributed by atoms with Gasteiger partial charge in [-0.3, -0.25) is 4.79 Å². The van der Waals surface area contributed by atoms with Crippen LogP contribution in [0.5, 0.6) is 0 Å². The molecule has 2 aliphatic rings. The quantitative estimate of drug-likeness (QED) is 0.199.